The van der Waals surface area contributed by atoms with E-state index in [4.69, 9.17) is 14.5 Å². The first kappa shape index (κ1) is 16.1. The monoisotopic (exact) mass is 356 g/mol. The van der Waals surface area contributed by atoms with E-state index < -0.39 is 17.2 Å². The average Bonchev–Trinajstić information content (AvgIpc) is 3.04. The van der Waals surface area contributed by atoms with Gasteiger partial charge in [0, 0.05) is 24.7 Å². The summed E-state index contributed by atoms with van der Waals surface area (Å²) in [7, 11) is 0. The molecule has 5 saturated carbocycles. The fraction of sp³-hybridized carbons (Fsp3) is 0.727. The van der Waals surface area contributed by atoms with Gasteiger partial charge in [-0.15, -0.1) is 0 Å². The van der Waals surface area contributed by atoms with E-state index in [9.17, 15) is 5.11 Å². The Balaban J connectivity index is 1.22. The minimum Gasteiger partial charge on any atom is -0.385 e. The Morgan fingerprint density at radius 1 is 0.769 bits per heavy atom. The molecule has 1 heterocycles. The van der Waals surface area contributed by atoms with Crippen molar-refractivity contribution >= 4 is 0 Å². The Labute approximate surface area is 154 Å². The van der Waals surface area contributed by atoms with E-state index in [-0.39, 0.29) is 0 Å². The van der Waals surface area contributed by atoms with Crippen molar-refractivity contribution in [2.45, 2.75) is 75.0 Å². The minimum atomic E-state index is -0.779. The Morgan fingerprint density at radius 3 is 2.00 bits per heavy atom. The third-order valence-electron chi connectivity index (χ3n) is 8.10. The summed E-state index contributed by atoms with van der Waals surface area (Å²) in [5.41, 5.74) is 0.220. The number of ether oxygens (including phenoxy) is 1. The van der Waals surface area contributed by atoms with Crippen LogP contribution in [0.1, 0.15) is 63.4 Å². The van der Waals surface area contributed by atoms with Crippen LogP contribution in [0.15, 0.2) is 30.3 Å². The highest BCUT2D eigenvalue weighted by Crippen LogP contribution is 2.64. The molecular weight excluding hydrogens is 328 g/mol. The zero-order chi connectivity index (χ0) is 17.4. The summed E-state index contributed by atoms with van der Waals surface area (Å²) in [5.74, 6) is 1.58. The van der Waals surface area contributed by atoms with Crippen LogP contribution in [0.4, 0.5) is 0 Å². The van der Waals surface area contributed by atoms with E-state index in [1.54, 1.807) is 0 Å². The molecule has 1 N–H and O–H groups in total. The molecule has 140 valence electrons. The summed E-state index contributed by atoms with van der Waals surface area (Å²) in [6.45, 7) is 0. The van der Waals surface area contributed by atoms with E-state index in [0.29, 0.717) is 37.5 Å². The first-order valence-electron chi connectivity index (χ1n) is 10.4. The number of rotatable bonds is 1. The quantitative estimate of drug-likeness (QED) is 0.763. The van der Waals surface area contributed by atoms with Gasteiger partial charge in [-0.3, -0.25) is 0 Å². The van der Waals surface area contributed by atoms with Gasteiger partial charge in [-0.2, -0.15) is 9.78 Å². The third kappa shape index (κ3) is 2.16. The second-order valence-electron chi connectivity index (χ2n) is 9.60. The van der Waals surface area contributed by atoms with Gasteiger partial charge in [-0.1, -0.05) is 30.3 Å². The molecule has 1 aromatic rings. The molecule has 4 nitrogen and oxygen atoms in total. The summed E-state index contributed by atoms with van der Waals surface area (Å²) in [6.07, 6.45) is 9.04. The molecule has 4 bridgehead atoms. The topological polar surface area (TPSA) is 47.9 Å². The molecule has 7 rings (SSSR count). The third-order valence-corrected chi connectivity index (χ3v) is 8.10. The van der Waals surface area contributed by atoms with Gasteiger partial charge >= 0.3 is 0 Å². The fourth-order valence-corrected chi connectivity index (χ4v) is 6.88. The number of hydrogen-bond acceptors (Lipinski definition) is 4. The predicted octanol–water partition coefficient (Wildman–Crippen LogP) is 4.28. The lowest BCUT2D eigenvalue weighted by atomic mass is 9.53. The zero-order valence-electron chi connectivity index (χ0n) is 15.2. The van der Waals surface area contributed by atoms with E-state index >= 15 is 0 Å². The Hall–Kier alpha value is -0.940. The van der Waals surface area contributed by atoms with Crippen molar-refractivity contribution in [1.82, 2.24) is 0 Å². The molecule has 0 radical (unpaired) electrons. The summed E-state index contributed by atoms with van der Waals surface area (Å²) in [4.78, 5) is 12.0. The maximum atomic E-state index is 11.1. The van der Waals surface area contributed by atoms with Crippen molar-refractivity contribution in [3.8, 4) is 0 Å². The van der Waals surface area contributed by atoms with Gasteiger partial charge < -0.3 is 9.84 Å². The van der Waals surface area contributed by atoms with E-state index in [1.807, 2.05) is 30.3 Å². The van der Waals surface area contributed by atoms with Crippen molar-refractivity contribution in [3.63, 3.8) is 0 Å². The molecule has 26 heavy (non-hydrogen) atoms. The SMILES string of the molecule is OC1(c2ccccc2)CCC2(CC1)OOC1(O2)C2CC3CC(C2)CC1C3. The van der Waals surface area contributed by atoms with Crippen molar-refractivity contribution in [2.75, 3.05) is 0 Å². The highest BCUT2D eigenvalue weighted by Gasteiger charge is 2.67. The van der Waals surface area contributed by atoms with Crippen LogP contribution in [-0.4, -0.2) is 16.7 Å². The van der Waals surface area contributed by atoms with E-state index in [2.05, 4.69) is 0 Å². The molecule has 0 aromatic heterocycles. The van der Waals surface area contributed by atoms with Crippen LogP contribution in [0.5, 0.6) is 0 Å². The first-order chi connectivity index (χ1) is 12.6. The van der Waals surface area contributed by atoms with Crippen LogP contribution in [0, 0.1) is 23.7 Å². The van der Waals surface area contributed by atoms with Gasteiger partial charge in [0.2, 0.25) is 11.6 Å². The molecule has 4 heteroatoms. The lowest BCUT2D eigenvalue weighted by Gasteiger charge is -2.57. The number of hydrogen-bond donors (Lipinski definition) is 1. The normalized spacial score (nSPS) is 52.2. The molecule has 2 spiro atoms. The van der Waals surface area contributed by atoms with Gasteiger partial charge in [0.25, 0.3) is 0 Å². The number of aliphatic hydroxyl groups is 1. The van der Waals surface area contributed by atoms with Crippen LogP contribution in [0.25, 0.3) is 0 Å². The molecule has 0 unspecified atom stereocenters. The largest absolute Gasteiger partial charge is 0.385 e. The van der Waals surface area contributed by atoms with Crippen LogP contribution in [0.2, 0.25) is 0 Å². The van der Waals surface area contributed by atoms with Crippen LogP contribution < -0.4 is 0 Å². The maximum absolute atomic E-state index is 11.1. The zero-order valence-corrected chi connectivity index (χ0v) is 15.2. The van der Waals surface area contributed by atoms with Crippen molar-refractivity contribution in [3.05, 3.63) is 35.9 Å². The Kier molecular flexibility index (Phi) is 3.28. The molecule has 0 atom stereocenters. The molecule has 6 fully saturated rings. The Morgan fingerprint density at radius 2 is 1.38 bits per heavy atom. The summed E-state index contributed by atoms with van der Waals surface area (Å²) in [5, 5.41) is 11.1. The van der Waals surface area contributed by atoms with Crippen LogP contribution in [-0.2, 0) is 20.1 Å². The lowest BCUT2D eigenvalue weighted by molar-refractivity contribution is -0.391. The second-order valence-corrected chi connectivity index (χ2v) is 9.60. The van der Waals surface area contributed by atoms with Crippen LogP contribution >= 0.6 is 0 Å². The average molecular weight is 356 g/mol. The van der Waals surface area contributed by atoms with Crippen molar-refractivity contribution < 1.29 is 19.6 Å². The summed E-state index contributed by atoms with van der Waals surface area (Å²) in [6, 6.07) is 10.0. The molecule has 1 aliphatic heterocycles. The summed E-state index contributed by atoms with van der Waals surface area (Å²) < 4.78 is 6.73. The molecule has 1 aromatic carbocycles. The van der Waals surface area contributed by atoms with Gasteiger partial charge in [0.15, 0.2) is 0 Å². The van der Waals surface area contributed by atoms with Gasteiger partial charge in [-0.25, -0.2) is 0 Å². The standard InChI is InChI=1S/C22H28O4/c23-20(17-4-2-1-3-5-17)6-8-21(9-7-20)24-22(26-25-21)18-11-15-10-16(13-18)14-19(22)12-15/h1-5,15-16,18-19,23H,6-14H2. The first-order valence-corrected chi connectivity index (χ1v) is 10.4. The molecule has 1 saturated heterocycles. The van der Waals surface area contributed by atoms with Crippen molar-refractivity contribution in [2.24, 2.45) is 23.7 Å². The summed E-state index contributed by atoms with van der Waals surface area (Å²) >= 11 is 0. The number of benzene rings is 1. The minimum absolute atomic E-state index is 0.494. The smallest absolute Gasteiger partial charge is 0.210 e. The van der Waals surface area contributed by atoms with Crippen molar-refractivity contribution in [1.29, 1.82) is 0 Å². The maximum Gasteiger partial charge on any atom is 0.210 e. The highest BCUT2D eigenvalue weighted by molar-refractivity contribution is 5.23. The van der Waals surface area contributed by atoms with E-state index in [1.165, 1.54) is 32.1 Å². The van der Waals surface area contributed by atoms with Gasteiger partial charge in [0.1, 0.15) is 0 Å². The highest BCUT2D eigenvalue weighted by atomic mass is 17.3. The Bertz CT molecular complexity index is 663. The fourth-order valence-electron chi connectivity index (χ4n) is 6.88. The second kappa shape index (κ2) is 5.32. The van der Waals surface area contributed by atoms with E-state index in [0.717, 1.165) is 17.4 Å². The molecule has 5 aliphatic carbocycles. The molecule has 0 amide bonds. The molecular formula is C22H28O4. The van der Waals surface area contributed by atoms with Gasteiger partial charge in [0.05, 0.1) is 5.60 Å². The van der Waals surface area contributed by atoms with Gasteiger partial charge in [-0.05, 0) is 62.3 Å². The molecule has 6 aliphatic rings. The van der Waals surface area contributed by atoms with Crippen LogP contribution in [0.3, 0.4) is 0 Å². The predicted molar refractivity (Wildman–Crippen MR) is 94.6 cm³/mol. The lowest BCUT2D eigenvalue weighted by Crippen LogP contribution is -2.59.